The topological polar surface area (TPSA) is 49.8 Å². The van der Waals surface area contributed by atoms with E-state index in [1.807, 2.05) is 60.7 Å². The molecular formula is C20H21NO3. The average molecular weight is 323 g/mol. The van der Waals surface area contributed by atoms with Crippen LogP contribution in [-0.2, 0) is 11.3 Å². The number of amides is 1. The quantitative estimate of drug-likeness (QED) is 0.936. The van der Waals surface area contributed by atoms with Crippen LogP contribution in [0, 0.1) is 5.92 Å². The van der Waals surface area contributed by atoms with Gasteiger partial charge in [0.15, 0.2) is 0 Å². The Labute approximate surface area is 141 Å². The first kappa shape index (κ1) is 15.2. The number of benzene rings is 2. The Morgan fingerprint density at radius 3 is 2.42 bits per heavy atom. The zero-order valence-corrected chi connectivity index (χ0v) is 13.5. The second-order valence-electron chi connectivity index (χ2n) is 6.84. The van der Waals surface area contributed by atoms with Crippen molar-refractivity contribution >= 4 is 6.09 Å². The van der Waals surface area contributed by atoms with Crippen molar-refractivity contribution in [3.05, 3.63) is 71.8 Å². The lowest BCUT2D eigenvalue weighted by molar-refractivity contribution is -0.0332. The molecule has 2 heterocycles. The number of fused-ring (bicyclic) bond motifs is 1. The first-order valence-electron chi connectivity index (χ1n) is 8.40. The lowest BCUT2D eigenvalue weighted by Gasteiger charge is -2.45. The number of rotatable bonds is 4. The number of aliphatic hydroxyl groups is 1. The summed E-state index contributed by atoms with van der Waals surface area (Å²) in [6, 6.07) is 19.3. The summed E-state index contributed by atoms with van der Waals surface area (Å²) >= 11 is 0. The van der Waals surface area contributed by atoms with Gasteiger partial charge in [-0.3, -0.25) is 4.90 Å². The lowest BCUT2D eigenvalue weighted by Crippen LogP contribution is -2.53. The van der Waals surface area contributed by atoms with E-state index in [-0.39, 0.29) is 12.7 Å². The van der Waals surface area contributed by atoms with Gasteiger partial charge in [-0.1, -0.05) is 60.7 Å². The third-order valence-electron chi connectivity index (χ3n) is 5.31. The van der Waals surface area contributed by atoms with Gasteiger partial charge in [-0.25, -0.2) is 4.79 Å². The zero-order chi connectivity index (χ0) is 16.6. The Kier molecular flexibility index (Phi) is 3.77. The third-order valence-corrected chi connectivity index (χ3v) is 5.31. The van der Waals surface area contributed by atoms with Gasteiger partial charge < -0.3 is 9.84 Å². The van der Waals surface area contributed by atoms with Gasteiger partial charge in [0, 0.05) is 6.54 Å². The van der Waals surface area contributed by atoms with Crippen LogP contribution in [0.1, 0.15) is 30.1 Å². The Balaban J connectivity index is 1.48. The van der Waals surface area contributed by atoms with Gasteiger partial charge in [-0.05, 0) is 29.9 Å². The van der Waals surface area contributed by atoms with Crippen molar-refractivity contribution in [3.8, 4) is 0 Å². The number of hydrogen-bond donors (Lipinski definition) is 1. The minimum Gasteiger partial charge on any atom is -0.445 e. The predicted molar refractivity (Wildman–Crippen MR) is 90.2 cm³/mol. The molecule has 2 saturated heterocycles. The minimum atomic E-state index is -0.665. The van der Waals surface area contributed by atoms with Crippen LogP contribution in [0.25, 0.3) is 0 Å². The van der Waals surface area contributed by atoms with Crippen molar-refractivity contribution in [3.63, 3.8) is 0 Å². The molecule has 1 unspecified atom stereocenters. The van der Waals surface area contributed by atoms with E-state index >= 15 is 0 Å². The maximum absolute atomic E-state index is 12.6. The Hall–Kier alpha value is -2.33. The van der Waals surface area contributed by atoms with Crippen LogP contribution in [0.2, 0.25) is 0 Å². The smallest absolute Gasteiger partial charge is 0.410 e. The summed E-state index contributed by atoms with van der Waals surface area (Å²) in [6.07, 6.45) is 0.711. The zero-order valence-electron chi connectivity index (χ0n) is 13.5. The molecule has 1 saturated carbocycles. The molecule has 4 heteroatoms. The summed E-state index contributed by atoms with van der Waals surface area (Å²) in [7, 11) is 0. The second kappa shape index (κ2) is 5.95. The molecule has 124 valence electrons. The summed E-state index contributed by atoms with van der Waals surface area (Å²) in [6.45, 7) is 0.940. The molecule has 1 atom stereocenters. The second-order valence-corrected chi connectivity index (χ2v) is 6.84. The van der Waals surface area contributed by atoms with Crippen LogP contribution < -0.4 is 0 Å². The molecule has 3 fully saturated rings. The fourth-order valence-electron chi connectivity index (χ4n) is 4.10. The molecule has 1 amide bonds. The molecule has 1 aliphatic carbocycles. The molecule has 2 aromatic rings. The fraction of sp³-hybridized carbons (Fsp3) is 0.350. The van der Waals surface area contributed by atoms with Gasteiger partial charge in [0.05, 0.1) is 5.54 Å². The monoisotopic (exact) mass is 323 g/mol. The highest BCUT2D eigenvalue weighted by atomic mass is 16.6. The van der Waals surface area contributed by atoms with E-state index < -0.39 is 11.6 Å². The van der Waals surface area contributed by atoms with Gasteiger partial charge in [0.1, 0.15) is 12.7 Å². The van der Waals surface area contributed by atoms with Crippen LogP contribution >= 0.6 is 0 Å². The van der Waals surface area contributed by atoms with Crippen molar-refractivity contribution < 1.29 is 14.6 Å². The molecule has 0 aromatic heterocycles. The molecule has 2 aliphatic heterocycles. The fourth-order valence-corrected chi connectivity index (χ4v) is 4.10. The SMILES string of the molecule is O=C(OCc1ccccc1)N1CC2CC1(C(O)c1ccccc1)C2. The van der Waals surface area contributed by atoms with E-state index in [1.165, 1.54) is 0 Å². The molecular weight excluding hydrogens is 302 g/mol. The molecule has 24 heavy (non-hydrogen) atoms. The van der Waals surface area contributed by atoms with Gasteiger partial charge in [-0.15, -0.1) is 0 Å². The average Bonchev–Trinajstić information content (AvgIpc) is 3.17. The highest BCUT2D eigenvalue weighted by Crippen LogP contribution is 2.56. The molecule has 1 N–H and O–H groups in total. The highest BCUT2D eigenvalue weighted by molar-refractivity contribution is 5.70. The van der Waals surface area contributed by atoms with Crippen molar-refractivity contribution in [2.45, 2.75) is 31.1 Å². The van der Waals surface area contributed by atoms with Crippen LogP contribution in [0.3, 0.4) is 0 Å². The molecule has 3 aliphatic rings. The molecule has 4 nitrogen and oxygen atoms in total. The lowest BCUT2D eigenvalue weighted by atomic mass is 9.68. The maximum Gasteiger partial charge on any atom is 0.410 e. The van der Waals surface area contributed by atoms with Gasteiger partial charge in [0.25, 0.3) is 0 Å². The predicted octanol–water partition coefficient (Wildman–Crippen LogP) is 3.52. The van der Waals surface area contributed by atoms with Crippen LogP contribution in [0.5, 0.6) is 0 Å². The van der Waals surface area contributed by atoms with Crippen molar-refractivity contribution in [1.29, 1.82) is 0 Å². The summed E-state index contributed by atoms with van der Waals surface area (Å²) in [4.78, 5) is 14.3. The van der Waals surface area contributed by atoms with E-state index in [0.717, 1.165) is 24.0 Å². The normalized spacial score (nSPS) is 25.9. The van der Waals surface area contributed by atoms with E-state index in [1.54, 1.807) is 4.90 Å². The number of hydrogen-bond acceptors (Lipinski definition) is 3. The molecule has 0 spiro atoms. The first-order valence-corrected chi connectivity index (χ1v) is 8.40. The maximum atomic E-state index is 12.6. The van der Waals surface area contributed by atoms with E-state index in [2.05, 4.69) is 0 Å². The van der Waals surface area contributed by atoms with Crippen LogP contribution in [0.15, 0.2) is 60.7 Å². The number of nitrogens with zero attached hydrogens (tertiary/aromatic N) is 1. The van der Waals surface area contributed by atoms with Gasteiger partial charge in [0.2, 0.25) is 0 Å². The minimum absolute atomic E-state index is 0.262. The van der Waals surface area contributed by atoms with Crippen molar-refractivity contribution in [1.82, 2.24) is 4.90 Å². The first-order chi connectivity index (χ1) is 11.7. The summed E-state index contributed by atoms with van der Waals surface area (Å²) in [5.41, 5.74) is 1.33. The van der Waals surface area contributed by atoms with E-state index in [9.17, 15) is 9.90 Å². The number of carbonyl (C=O) groups is 1. The van der Waals surface area contributed by atoms with E-state index in [0.29, 0.717) is 12.5 Å². The summed E-state index contributed by atoms with van der Waals surface area (Å²) in [5, 5.41) is 10.9. The standard InChI is InChI=1S/C20H21NO3/c22-18(17-9-5-2-6-10-17)20-11-16(12-20)13-21(20)19(23)24-14-15-7-3-1-4-8-15/h1-10,16,18,22H,11-14H2. The molecule has 5 rings (SSSR count). The van der Waals surface area contributed by atoms with E-state index in [4.69, 9.17) is 4.74 Å². The third kappa shape index (κ3) is 2.47. The number of aliphatic hydroxyl groups excluding tert-OH is 1. The van der Waals surface area contributed by atoms with Crippen molar-refractivity contribution in [2.75, 3.05) is 6.54 Å². The summed E-state index contributed by atoms with van der Waals surface area (Å²) in [5.74, 6) is 0.479. The highest BCUT2D eigenvalue weighted by Gasteiger charge is 2.62. The summed E-state index contributed by atoms with van der Waals surface area (Å²) < 4.78 is 5.50. The van der Waals surface area contributed by atoms with Gasteiger partial charge in [-0.2, -0.15) is 0 Å². The van der Waals surface area contributed by atoms with Gasteiger partial charge >= 0.3 is 6.09 Å². The Morgan fingerprint density at radius 2 is 1.75 bits per heavy atom. The number of carbonyl (C=O) groups excluding carboxylic acids is 1. The largest absolute Gasteiger partial charge is 0.445 e. The molecule has 0 radical (unpaired) electrons. The molecule has 2 bridgehead atoms. The number of ether oxygens (including phenoxy) is 1. The Morgan fingerprint density at radius 1 is 1.12 bits per heavy atom. The van der Waals surface area contributed by atoms with Crippen LogP contribution in [-0.4, -0.2) is 28.2 Å². The van der Waals surface area contributed by atoms with Crippen molar-refractivity contribution in [2.24, 2.45) is 5.92 Å². The van der Waals surface area contributed by atoms with Crippen LogP contribution in [0.4, 0.5) is 4.79 Å². The molecule has 2 aromatic carbocycles. The Bertz CT molecular complexity index is 710.